The molecule has 0 spiro atoms. The first-order chi connectivity index (χ1) is 10.6. The fourth-order valence-electron chi connectivity index (χ4n) is 6.04. The highest BCUT2D eigenvalue weighted by atomic mass is 16.3. The van der Waals surface area contributed by atoms with E-state index in [2.05, 4.69) is 26.8 Å². The number of carbonyl (C=O) groups is 1. The lowest BCUT2D eigenvalue weighted by molar-refractivity contribution is -0.137. The van der Waals surface area contributed by atoms with Crippen molar-refractivity contribution in [3.63, 3.8) is 0 Å². The number of allylic oxidation sites excluding steroid dienone is 2. The zero-order chi connectivity index (χ0) is 17.0. The Balaban J connectivity index is 1.92. The van der Waals surface area contributed by atoms with Crippen LogP contribution in [-0.4, -0.2) is 28.7 Å². The molecule has 130 valence electrons. The summed E-state index contributed by atoms with van der Waals surface area (Å²) >= 11 is 0. The summed E-state index contributed by atoms with van der Waals surface area (Å²) in [7, 11) is 0. The van der Waals surface area contributed by atoms with E-state index >= 15 is 0 Å². The zero-order valence-corrected chi connectivity index (χ0v) is 15.1. The van der Waals surface area contributed by atoms with Gasteiger partial charge in [0.15, 0.2) is 5.78 Å². The van der Waals surface area contributed by atoms with E-state index in [1.165, 1.54) is 5.57 Å². The van der Waals surface area contributed by atoms with Crippen LogP contribution in [0.15, 0.2) is 11.6 Å². The molecule has 3 rings (SSSR count). The van der Waals surface area contributed by atoms with Crippen molar-refractivity contribution in [2.75, 3.05) is 6.61 Å². The van der Waals surface area contributed by atoms with Crippen LogP contribution in [0.3, 0.4) is 0 Å². The molecule has 2 saturated carbocycles. The second-order valence-electron chi connectivity index (χ2n) is 9.36. The average molecular weight is 320 g/mol. The molecule has 3 nitrogen and oxygen atoms in total. The van der Waals surface area contributed by atoms with Gasteiger partial charge in [-0.3, -0.25) is 4.79 Å². The molecule has 5 unspecified atom stereocenters. The Labute approximate surface area is 140 Å². The summed E-state index contributed by atoms with van der Waals surface area (Å²) in [6.45, 7) is 8.54. The quantitative estimate of drug-likeness (QED) is 0.766. The minimum absolute atomic E-state index is 0.0106. The highest BCUT2D eigenvalue weighted by Crippen LogP contribution is 2.63. The van der Waals surface area contributed by atoms with Crippen LogP contribution < -0.4 is 0 Å². The van der Waals surface area contributed by atoms with Gasteiger partial charge in [-0.2, -0.15) is 0 Å². The van der Waals surface area contributed by atoms with Gasteiger partial charge >= 0.3 is 0 Å². The van der Waals surface area contributed by atoms with Crippen molar-refractivity contribution in [2.24, 2.45) is 28.1 Å². The maximum atomic E-state index is 12.2. The summed E-state index contributed by atoms with van der Waals surface area (Å²) in [5, 5.41) is 19.8. The van der Waals surface area contributed by atoms with E-state index in [1.807, 2.05) is 6.92 Å². The van der Waals surface area contributed by atoms with Crippen LogP contribution >= 0.6 is 0 Å². The standard InChI is InChI=1S/C20H32O3/c1-18(2)15-6-5-13-11-19(3,17(23)12-21)9-7-14(13)20(15,4)10-8-16(18)22/h5,14-16,21-22H,6-12H2,1-4H3. The number of fused-ring (bicyclic) bond motifs is 3. The Kier molecular flexibility index (Phi) is 4.04. The molecule has 0 radical (unpaired) electrons. The van der Waals surface area contributed by atoms with E-state index in [1.54, 1.807) is 0 Å². The molecule has 5 atom stereocenters. The number of aliphatic hydroxyl groups excluding tert-OH is 2. The number of hydrogen-bond acceptors (Lipinski definition) is 3. The van der Waals surface area contributed by atoms with Crippen LogP contribution in [-0.2, 0) is 4.79 Å². The third-order valence-corrected chi connectivity index (χ3v) is 7.76. The molecule has 23 heavy (non-hydrogen) atoms. The van der Waals surface area contributed by atoms with Gasteiger partial charge in [0.05, 0.1) is 6.10 Å². The summed E-state index contributed by atoms with van der Waals surface area (Å²) in [5.41, 5.74) is 1.24. The van der Waals surface area contributed by atoms with Crippen molar-refractivity contribution in [3.05, 3.63) is 11.6 Å². The van der Waals surface area contributed by atoms with E-state index in [0.717, 1.165) is 38.5 Å². The van der Waals surface area contributed by atoms with Gasteiger partial charge in [0.25, 0.3) is 0 Å². The molecule has 0 aliphatic heterocycles. The largest absolute Gasteiger partial charge is 0.393 e. The number of Topliss-reactive ketones (excluding diaryl/α,β-unsaturated/α-hetero) is 1. The van der Waals surface area contributed by atoms with Gasteiger partial charge in [0.1, 0.15) is 6.61 Å². The Morgan fingerprint density at radius 1 is 1.22 bits per heavy atom. The summed E-state index contributed by atoms with van der Waals surface area (Å²) in [6, 6.07) is 0. The van der Waals surface area contributed by atoms with Crippen molar-refractivity contribution in [2.45, 2.75) is 72.3 Å². The number of rotatable bonds is 2. The maximum Gasteiger partial charge on any atom is 0.164 e. The van der Waals surface area contributed by atoms with E-state index in [4.69, 9.17) is 0 Å². The van der Waals surface area contributed by atoms with Gasteiger partial charge in [0.2, 0.25) is 0 Å². The third kappa shape index (κ3) is 2.42. The summed E-state index contributed by atoms with van der Waals surface area (Å²) in [5.74, 6) is 1.03. The third-order valence-electron chi connectivity index (χ3n) is 7.76. The SMILES string of the molecule is CC1(C(=O)CO)CCC2C(=CCC3C(C)(C)C(O)CCC23C)C1. The lowest BCUT2D eigenvalue weighted by atomic mass is 9.45. The first-order valence-electron chi connectivity index (χ1n) is 9.16. The van der Waals surface area contributed by atoms with Crippen molar-refractivity contribution < 1.29 is 15.0 Å². The molecule has 0 aromatic rings. The number of ketones is 1. The second-order valence-corrected chi connectivity index (χ2v) is 9.36. The molecule has 2 N–H and O–H groups in total. The van der Waals surface area contributed by atoms with Crippen LogP contribution in [0.2, 0.25) is 0 Å². The fraction of sp³-hybridized carbons (Fsp3) is 0.850. The zero-order valence-electron chi connectivity index (χ0n) is 15.1. The Morgan fingerprint density at radius 3 is 2.57 bits per heavy atom. The summed E-state index contributed by atoms with van der Waals surface area (Å²) < 4.78 is 0. The fourth-order valence-corrected chi connectivity index (χ4v) is 6.04. The van der Waals surface area contributed by atoms with Crippen LogP contribution in [0.1, 0.15) is 66.2 Å². The minimum Gasteiger partial charge on any atom is -0.393 e. The molecule has 3 heteroatoms. The van der Waals surface area contributed by atoms with E-state index in [9.17, 15) is 15.0 Å². The van der Waals surface area contributed by atoms with Gasteiger partial charge in [-0.1, -0.05) is 39.3 Å². The number of aliphatic hydroxyl groups is 2. The first kappa shape index (κ1) is 17.2. The summed E-state index contributed by atoms with van der Waals surface area (Å²) in [4.78, 5) is 12.2. The molecular weight excluding hydrogens is 288 g/mol. The molecule has 2 fully saturated rings. The highest BCUT2D eigenvalue weighted by molar-refractivity contribution is 5.85. The Hall–Kier alpha value is -0.670. The Morgan fingerprint density at radius 2 is 1.91 bits per heavy atom. The van der Waals surface area contributed by atoms with E-state index < -0.39 is 0 Å². The van der Waals surface area contributed by atoms with Gasteiger partial charge in [-0.25, -0.2) is 0 Å². The number of hydrogen-bond donors (Lipinski definition) is 2. The lowest BCUT2D eigenvalue weighted by Crippen LogP contribution is -2.55. The lowest BCUT2D eigenvalue weighted by Gasteiger charge is -2.60. The molecule has 0 bridgehead atoms. The highest BCUT2D eigenvalue weighted by Gasteiger charge is 2.57. The Bertz CT molecular complexity index is 535. The van der Waals surface area contributed by atoms with Crippen LogP contribution in [0.25, 0.3) is 0 Å². The van der Waals surface area contributed by atoms with Gasteiger partial charge in [0, 0.05) is 5.41 Å². The molecule has 0 amide bonds. The molecule has 0 aromatic heterocycles. The van der Waals surface area contributed by atoms with E-state index in [-0.39, 0.29) is 34.7 Å². The van der Waals surface area contributed by atoms with Crippen molar-refractivity contribution in [1.29, 1.82) is 0 Å². The second kappa shape index (κ2) is 5.42. The smallest absolute Gasteiger partial charge is 0.164 e. The van der Waals surface area contributed by atoms with Crippen molar-refractivity contribution in [3.8, 4) is 0 Å². The molecule has 3 aliphatic carbocycles. The van der Waals surface area contributed by atoms with Crippen LogP contribution in [0.5, 0.6) is 0 Å². The van der Waals surface area contributed by atoms with Crippen LogP contribution in [0.4, 0.5) is 0 Å². The first-order valence-corrected chi connectivity index (χ1v) is 9.16. The van der Waals surface area contributed by atoms with Gasteiger partial charge in [-0.05, 0) is 61.2 Å². The van der Waals surface area contributed by atoms with Gasteiger partial charge in [-0.15, -0.1) is 0 Å². The predicted octanol–water partition coefficient (Wildman–Crippen LogP) is 3.49. The predicted molar refractivity (Wildman–Crippen MR) is 90.9 cm³/mol. The molecular formula is C20H32O3. The topological polar surface area (TPSA) is 57.5 Å². The average Bonchev–Trinajstić information content (AvgIpc) is 2.50. The van der Waals surface area contributed by atoms with Crippen LogP contribution in [0, 0.1) is 28.1 Å². The minimum atomic E-state index is -0.385. The summed E-state index contributed by atoms with van der Waals surface area (Å²) in [6.07, 6.45) is 7.84. The van der Waals surface area contributed by atoms with Crippen molar-refractivity contribution in [1.82, 2.24) is 0 Å². The monoisotopic (exact) mass is 320 g/mol. The molecule has 0 aromatic carbocycles. The molecule has 3 aliphatic rings. The van der Waals surface area contributed by atoms with Gasteiger partial charge < -0.3 is 10.2 Å². The van der Waals surface area contributed by atoms with Crippen molar-refractivity contribution >= 4 is 5.78 Å². The molecule has 0 saturated heterocycles. The maximum absolute atomic E-state index is 12.2. The van der Waals surface area contributed by atoms with E-state index in [0.29, 0.717) is 11.8 Å². The molecule has 0 heterocycles. The normalized spacial score (nSPS) is 45.7. The number of carbonyl (C=O) groups excluding carboxylic acids is 1.